The van der Waals surface area contributed by atoms with Gasteiger partial charge in [0.1, 0.15) is 6.33 Å². The van der Waals surface area contributed by atoms with E-state index in [2.05, 4.69) is 15.3 Å². The minimum Gasteiger partial charge on any atom is -0.462 e. The number of likely N-dealkylation sites (N-methyl/N-ethyl adjacent to an activating group) is 1. The normalized spacial score (nSPS) is 10.3. The first-order valence-corrected chi connectivity index (χ1v) is 8.41. The van der Waals surface area contributed by atoms with Gasteiger partial charge >= 0.3 is 11.7 Å². The molecule has 0 saturated heterocycles. The van der Waals surface area contributed by atoms with Crippen LogP contribution >= 0.6 is 0 Å². The minimum atomic E-state index is -0.565. The number of rotatable bonds is 9. The summed E-state index contributed by atoms with van der Waals surface area (Å²) in [5.41, 5.74) is 0.601. The highest BCUT2D eigenvalue weighted by molar-refractivity contribution is 5.90. The van der Waals surface area contributed by atoms with Crippen LogP contribution in [0.3, 0.4) is 0 Å². The zero-order chi connectivity index (χ0) is 19.8. The summed E-state index contributed by atoms with van der Waals surface area (Å²) < 4.78 is 4.92. The Morgan fingerprint density at radius 3 is 2.56 bits per heavy atom. The Morgan fingerprint density at radius 2 is 2.00 bits per heavy atom. The molecule has 10 nitrogen and oxygen atoms in total. The molecule has 0 aliphatic carbocycles. The fourth-order valence-corrected chi connectivity index (χ4v) is 2.44. The second kappa shape index (κ2) is 9.43. The van der Waals surface area contributed by atoms with E-state index in [0.29, 0.717) is 17.8 Å². The summed E-state index contributed by atoms with van der Waals surface area (Å²) in [6.07, 6.45) is 1.22. The van der Waals surface area contributed by atoms with E-state index in [4.69, 9.17) is 9.84 Å². The van der Waals surface area contributed by atoms with Crippen LogP contribution in [-0.2, 0) is 4.74 Å². The van der Waals surface area contributed by atoms with Gasteiger partial charge in [-0.15, -0.1) is 0 Å². The Kier molecular flexibility index (Phi) is 7.00. The number of benzene rings is 1. The number of anilines is 3. The molecule has 1 aromatic heterocycles. The summed E-state index contributed by atoms with van der Waals surface area (Å²) >= 11 is 0. The predicted molar refractivity (Wildman–Crippen MR) is 99.3 cm³/mol. The quantitative estimate of drug-likeness (QED) is 0.384. The molecule has 0 bridgehead atoms. The number of esters is 1. The van der Waals surface area contributed by atoms with E-state index >= 15 is 0 Å². The van der Waals surface area contributed by atoms with Crippen LogP contribution in [0.1, 0.15) is 24.2 Å². The topological polar surface area (TPSA) is 131 Å². The van der Waals surface area contributed by atoms with Gasteiger partial charge in [0.25, 0.3) is 0 Å². The molecule has 0 unspecified atom stereocenters. The summed E-state index contributed by atoms with van der Waals surface area (Å²) in [4.78, 5) is 32.3. The smallest absolute Gasteiger partial charge is 0.353 e. The van der Waals surface area contributed by atoms with Gasteiger partial charge in [-0.05, 0) is 38.1 Å². The number of aromatic nitrogens is 2. The van der Waals surface area contributed by atoms with Crippen LogP contribution in [0.4, 0.5) is 23.0 Å². The maximum absolute atomic E-state index is 11.7. The molecule has 0 aliphatic heterocycles. The average molecular weight is 375 g/mol. The van der Waals surface area contributed by atoms with Gasteiger partial charge in [-0.3, -0.25) is 10.1 Å². The number of carbonyl (C=O) groups excluding carboxylic acids is 1. The second-order valence-electron chi connectivity index (χ2n) is 5.38. The molecule has 1 heterocycles. The van der Waals surface area contributed by atoms with Crippen LogP contribution in [0.15, 0.2) is 30.6 Å². The fraction of sp³-hybridized carbons (Fsp3) is 0.353. The van der Waals surface area contributed by atoms with Crippen molar-refractivity contribution in [3.8, 4) is 0 Å². The Labute approximate surface area is 156 Å². The fourth-order valence-electron chi connectivity index (χ4n) is 2.44. The maximum atomic E-state index is 11.7. The Morgan fingerprint density at radius 1 is 1.30 bits per heavy atom. The molecule has 2 N–H and O–H groups in total. The molecule has 27 heavy (non-hydrogen) atoms. The number of ether oxygens (including phenoxy) is 1. The van der Waals surface area contributed by atoms with Gasteiger partial charge in [0.15, 0.2) is 0 Å². The van der Waals surface area contributed by atoms with Crippen LogP contribution in [0, 0.1) is 10.1 Å². The van der Waals surface area contributed by atoms with Crippen LogP contribution in [0.5, 0.6) is 0 Å². The average Bonchev–Trinajstić information content (AvgIpc) is 2.66. The highest BCUT2D eigenvalue weighted by Gasteiger charge is 2.26. The molecule has 2 aromatic rings. The number of nitrogens with one attached hydrogen (secondary N) is 1. The van der Waals surface area contributed by atoms with Gasteiger partial charge in [0, 0.05) is 18.8 Å². The van der Waals surface area contributed by atoms with E-state index in [9.17, 15) is 14.9 Å². The van der Waals surface area contributed by atoms with Crippen molar-refractivity contribution in [2.24, 2.45) is 0 Å². The summed E-state index contributed by atoms with van der Waals surface area (Å²) in [7, 11) is 0. The van der Waals surface area contributed by atoms with Crippen molar-refractivity contribution in [3.63, 3.8) is 0 Å². The number of aliphatic hydroxyl groups excluding tert-OH is 1. The molecule has 0 aliphatic rings. The maximum Gasteiger partial charge on any atom is 0.353 e. The third kappa shape index (κ3) is 4.88. The monoisotopic (exact) mass is 375 g/mol. The molecule has 1 aromatic carbocycles. The van der Waals surface area contributed by atoms with Crippen LogP contribution in [-0.4, -0.2) is 52.3 Å². The molecule has 0 spiro atoms. The molecule has 0 fully saturated rings. The lowest BCUT2D eigenvalue weighted by molar-refractivity contribution is -0.383. The third-order valence-corrected chi connectivity index (χ3v) is 3.70. The molecule has 0 saturated carbocycles. The number of carbonyl (C=O) groups is 1. The molecule has 0 atom stereocenters. The van der Waals surface area contributed by atoms with Crippen molar-refractivity contribution >= 4 is 29.0 Å². The number of hydrogen-bond acceptors (Lipinski definition) is 9. The first-order valence-electron chi connectivity index (χ1n) is 8.41. The van der Waals surface area contributed by atoms with Gasteiger partial charge in [-0.25, -0.2) is 14.8 Å². The predicted octanol–water partition coefficient (Wildman–Crippen LogP) is 2.12. The lowest BCUT2D eigenvalue weighted by Crippen LogP contribution is -2.28. The molecule has 0 radical (unpaired) electrons. The highest BCUT2D eigenvalue weighted by Crippen LogP contribution is 2.33. The van der Waals surface area contributed by atoms with Crippen molar-refractivity contribution in [1.82, 2.24) is 9.97 Å². The first-order chi connectivity index (χ1) is 13.0. The van der Waals surface area contributed by atoms with E-state index in [1.54, 1.807) is 36.1 Å². The van der Waals surface area contributed by atoms with Crippen molar-refractivity contribution in [2.45, 2.75) is 13.8 Å². The molecule has 0 amide bonds. The molecule has 10 heteroatoms. The van der Waals surface area contributed by atoms with Crippen LogP contribution in [0.25, 0.3) is 0 Å². The van der Waals surface area contributed by atoms with E-state index in [-0.39, 0.29) is 37.1 Å². The summed E-state index contributed by atoms with van der Waals surface area (Å²) in [5.74, 6) is -0.301. The number of aliphatic hydroxyl groups is 1. The standard InChI is InChI=1S/C17H21N5O5/c1-3-21(9-10-23)16-14(22(25)26)15(18-11-19-16)20-13-7-5-12(6-8-13)17(24)27-4-2/h5-8,11,23H,3-4,9-10H2,1-2H3,(H,18,19,20). The molecule has 144 valence electrons. The zero-order valence-corrected chi connectivity index (χ0v) is 15.1. The third-order valence-electron chi connectivity index (χ3n) is 3.70. The SMILES string of the molecule is CCOC(=O)c1ccc(Nc2ncnc(N(CC)CCO)c2[N+](=O)[O-])cc1. The number of hydrogen-bond donors (Lipinski definition) is 2. The Balaban J connectivity index is 2.33. The van der Waals surface area contributed by atoms with Gasteiger partial charge in [-0.1, -0.05) is 0 Å². The summed E-state index contributed by atoms with van der Waals surface area (Å²) in [6.45, 7) is 4.29. The molecular formula is C17H21N5O5. The van der Waals surface area contributed by atoms with E-state index in [1.165, 1.54) is 6.33 Å². The van der Waals surface area contributed by atoms with Crippen molar-refractivity contribution in [1.29, 1.82) is 0 Å². The largest absolute Gasteiger partial charge is 0.462 e. The second-order valence-corrected chi connectivity index (χ2v) is 5.38. The lowest BCUT2D eigenvalue weighted by Gasteiger charge is -2.20. The summed E-state index contributed by atoms with van der Waals surface area (Å²) in [5, 5.41) is 23.7. The number of nitrogens with zero attached hydrogens (tertiary/aromatic N) is 4. The minimum absolute atomic E-state index is 0.0188. The Hall–Kier alpha value is -3.27. The van der Waals surface area contributed by atoms with Crippen molar-refractivity contribution < 1.29 is 19.6 Å². The van der Waals surface area contributed by atoms with Gasteiger partial charge in [0.2, 0.25) is 11.6 Å². The Bertz CT molecular complexity index is 797. The zero-order valence-electron chi connectivity index (χ0n) is 15.1. The van der Waals surface area contributed by atoms with Crippen LogP contribution < -0.4 is 10.2 Å². The van der Waals surface area contributed by atoms with E-state index < -0.39 is 10.9 Å². The molecule has 2 rings (SSSR count). The van der Waals surface area contributed by atoms with Gasteiger partial charge < -0.3 is 20.1 Å². The van der Waals surface area contributed by atoms with Crippen molar-refractivity contribution in [3.05, 3.63) is 46.3 Å². The molecular weight excluding hydrogens is 354 g/mol. The van der Waals surface area contributed by atoms with E-state index in [0.717, 1.165) is 0 Å². The van der Waals surface area contributed by atoms with Crippen LogP contribution in [0.2, 0.25) is 0 Å². The number of nitro groups is 1. The summed E-state index contributed by atoms with van der Waals surface area (Å²) in [6, 6.07) is 6.31. The highest BCUT2D eigenvalue weighted by atomic mass is 16.6. The van der Waals surface area contributed by atoms with Crippen molar-refractivity contribution in [2.75, 3.05) is 36.5 Å². The van der Waals surface area contributed by atoms with E-state index in [1.807, 2.05) is 6.92 Å². The first kappa shape index (κ1) is 20.0. The van der Waals surface area contributed by atoms with Gasteiger partial charge in [-0.2, -0.15) is 0 Å². The van der Waals surface area contributed by atoms with Gasteiger partial charge in [0.05, 0.1) is 23.7 Å². The lowest BCUT2D eigenvalue weighted by atomic mass is 10.2.